The maximum absolute atomic E-state index is 11.8. The number of nitrogens with zero attached hydrogens (tertiary/aromatic N) is 1. The first-order valence-electron chi connectivity index (χ1n) is 5.42. The van der Waals surface area contributed by atoms with Gasteiger partial charge in [-0.15, -0.1) is 0 Å². The average molecular weight is 387 g/mol. The first-order valence-corrected chi connectivity index (χ1v) is 8.97. The molecule has 0 aliphatic carbocycles. The van der Waals surface area contributed by atoms with Gasteiger partial charge in [0.05, 0.1) is 5.02 Å². The van der Waals surface area contributed by atoms with Crippen molar-refractivity contribution >= 4 is 53.2 Å². The summed E-state index contributed by atoms with van der Waals surface area (Å²) < 4.78 is 23.2. The summed E-state index contributed by atoms with van der Waals surface area (Å²) in [4.78, 5) is 13.2. The number of likely N-dealkylation sites (tertiary alicyclic amines) is 1. The fraction of sp³-hybridized carbons (Fsp3) is 0.364. The minimum atomic E-state index is -3.70. The number of carbonyl (C=O) groups excluding carboxylic acids is 1. The highest BCUT2D eigenvalue weighted by Gasteiger charge is 2.37. The number of amides is 1. The lowest BCUT2D eigenvalue weighted by Gasteiger charge is -2.16. The lowest BCUT2D eigenvalue weighted by molar-refractivity contribution is -0.128. The van der Waals surface area contributed by atoms with E-state index in [4.69, 9.17) is 22.3 Å². The molecule has 0 N–H and O–H groups in total. The molecule has 0 bridgehead atoms. The van der Waals surface area contributed by atoms with Gasteiger partial charge in [0.2, 0.25) is 15.0 Å². The van der Waals surface area contributed by atoms with E-state index < -0.39 is 14.3 Å². The molecule has 1 fully saturated rings. The van der Waals surface area contributed by atoms with Crippen molar-refractivity contribution in [1.82, 2.24) is 4.90 Å². The highest BCUT2D eigenvalue weighted by Crippen LogP contribution is 2.26. The predicted molar refractivity (Wildman–Crippen MR) is 77.7 cm³/mol. The maximum atomic E-state index is 11.8. The van der Waals surface area contributed by atoms with Crippen LogP contribution in [-0.2, 0) is 20.4 Å². The van der Waals surface area contributed by atoms with Crippen molar-refractivity contribution < 1.29 is 13.2 Å². The van der Waals surface area contributed by atoms with Gasteiger partial charge >= 0.3 is 0 Å². The summed E-state index contributed by atoms with van der Waals surface area (Å²) in [6.45, 7) is 0.475. The lowest BCUT2D eigenvalue weighted by Crippen LogP contribution is -2.26. The third-order valence-corrected chi connectivity index (χ3v) is 6.02. The zero-order valence-corrected chi connectivity index (χ0v) is 13.6. The molecule has 1 aliphatic rings. The van der Waals surface area contributed by atoms with Crippen molar-refractivity contribution in [1.29, 1.82) is 0 Å². The van der Waals surface area contributed by atoms with Crippen LogP contribution in [0.5, 0.6) is 0 Å². The van der Waals surface area contributed by atoms with Crippen LogP contribution in [0, 0.1) is 0 Å². The van der Waals surface area contributed by atoms with Crippen LogP contribution in [-0.4, -0.2) is 31.0 Å². The SMILES string of the molecule is O=C1CC(S(=O)(=O)Cl)CN1Cc1ccc(Cl)c(Br)c1. The molecule has 1 unspecified atom stereocenters. The molecule has 19 heavy (non-hydrogen) atoms. The second kappa shape index (κ2) is 5.60. The largest absolute Gasteiger partial charge is 0.337 e. The van der Waals surface area contributed by atoms with Crippen molar-refractivity contribution in [3.05, 3.63) is 33.3 Å². The molecule has 1 atom stereocenters. The Balaban J connectivity index is 2.12. The molecule has 0 spiro atoms. The predicted octanol–water partition coefficient (Wildman–Crippen LogP) is 2.77. The van der Waals surface area contributed by atoms with Crippen LogP contribution in [0.2, 0.25) is 5.02 Å². The Hall–Kier alpha value is -0.300. The minimum Gasteiger partial charge on any atom is -0.337 e. The second-order valence-electron chi connectivity index (χ2n) is 4.32. The van der Waals surface area contributed by atoms with Crippen LogP contribution in [0.3, 0.4) is 0 Å². The molecular formula is C11H10BrCl2NO3S. The van der Waals surface area contributed by atoms with E-state index in [2.05, 4.69) is 15.9 Å². The van der Waals surface area contributed by atoms with E-state index in [0.29, 0.717) is 11.6 Å². The Morgan fingerprint density at radius 3 is 2.63 bits per heavy atom. The highest BCUT2D eigenvalue weighted by molar-refractivity contribution is 9.10. The fourth-order valence-corrected chi connectivity index (χ4v) is 3.54. The van der Waals surface area contributed by atoms with E-state index in [1.165, 1.54) is 4.90 Å². The van der Waals surface area contributed by atoms with E-state index >= 15 is 0 Å². The number of rotatable bonds is 3. The molecule has 1 heterocycles. The topological polar surface area (TPSA) is 54.5 Å². The third-order valence-electron chi connectivity index (χ3n) is 2.93. The van der Waals surface area contributed by atoms with Gasteiger partial charge in [-0.1, -0.05) is 17.7 Å². The Bertz CT molecular complexity index is 620. The molecule has 1 aromatic carbocycles. The van der Waals surface area contributed by atoms with Crippen molar-refractivity contribution in [3.8, 4) is 0 Å². The zero-order chi connectivity index (χ0) is 14.2. The van der Waals surface area contributed by atoms with Gasteiger partial charge < -0.3 is 4.90 Å². The van der Waals surface area contributed by atoms with E-state index in [1.807, 2.05) is 0 Å². The summed E-state index contributed by atoms with van der Waals surface area (Å²) in [5.74, 6) is -0.208. The van der Waals surface area contributed by atoms with Crippen molar-refractivity contribution in [3.63, 3.8) is 0 Å². The first-order chi connectivity index (χ1) is 8.77. The third kappa shape index (κ3) is 3.62. The molecule has 4 nitrogen and oxygen atoms in total. The van der Waals surface area contributed by atoms with Crippen LogP contribution < -0.4 is 0 Å². The van der Waals surface area contributed by atoms with E-state index in [1.54, 1.807) is 18.2 Å². The maximum Gasteiger partial charge on any atom is 0.237 e. The van der Waals surface area contributed by atoms with Gasteiger partial charge in [0.1, 0.15) is 5.25 Å². The number of carbonyl (C=O) groups is 1. The van der Waals surface area contributed by atoms with Crippen LogP contribution in [0.1, 0.15) is 12.0 Å². The molecule has 104 valence electrons. The molecule has 0 saturated carbocycles. The van der Waals surface area contributed by atoms with Crippen molar-refractivity contribution in [2.75, 3.05) is 6.54 Å². The van der Waals surface area contributed by atoms with Crippen LogP contribution in [0.25, 0.3) is 0 Å². The van der Waals surface area contributed by atoms with Gasteiger partial charge in [0.15, 0.2) is 0 Å². The summed E-state index contributed by atoms with van der Waals surface area (Å²) in [6.07, 6.45) is -0.0550. The molecule has 8 heteroatoms. The van der Waals surface area contributed by atoms with Crippen LogP contribution in [0.15, 0.2) is 22.7 Å². The van der Waals surface area contributed by atoms with Crippen LogP contribution in [0.4, 0.5) is 0 Å². The smallest absolute Gasteiger partial charge is 0.237 e. The monoisotopic (exact) mass is 385 g/mol. The summed E-state index contributed by atoms with van der Waals surface area (Å²) in [5.41, 5.74) is 0.872. The lowest BCUT2D eigenvalue weighted by atomic mass is 10.2. The summed E-state index contributed by atoms with van der Waals surface area (Å²) in [6, 6.07) is 5.32. The number of hydrogen-bond donors (Lipinski definition) is 0. The highest BCUT2D eigenvalue weighted by atomic mass is 79.9. The van der Waals surface area contributed by atoms with Crippen LogP contribution >= 0.6 is 38.2 Å². The fourth-order valence-electron chi connectivity index (χ4n) is 1.94. The molecule has 1 amide bonds. The van der Waals surface area contributed by atoms with E-state index in [0.717, 1.165) is 10.0 Å². The van der Waals surface area contributed by atoms with Gasteiger partial charge in [0.25, 0.3) is 0 Å². The van der Waals surface area contributed by atoms with Gasteiger partial charge in [-0.2, -0.15) is 0 Å². The normalized spacial score (nSPS) is 20.1. The van der Waals surface area contributed by atoms with Gasteiger partial charge in [-0.25, -0.2) is 8.42 Å². The Kier molecular flexibility index (Phi) is 4.45. The van der Waals surface area contributed by atoms with Crippen molar-refractivity contribution in [2.45, 2.75) is 18.2 Å². The Morgan fingerprint density at radius 1 is 1.42 bits per heavy atom. The number of benzene rings is 1. The van der Waals surface area contributed by atoms with Crippen molar-refractivity contribution in [2.24, 2.45) is 0 Å². The summed E-state index contributed by atoms with van der Waals surface area (Å²) in [5, 5.41) is -0.241. The molecule has 0 aromatic heterocycles. The second-order valence-corrected chi connectivity index (χ2v) is 8.49. The van der Waals surface area contributed by atoms with Gasteiger partial charge in [-0.05, 0) is 33.6 Å². The van der Waals surface area contributed by atoms with Gasteiger partial charge in [-0.3, -0.25) is 4.79 Å². The standard InChI is InChI=1S/C11H10BrCl2NO3S/c12-9-3-7(1-2-10(9)13)5-15-6-8(4-11(15)16)19(14,17)18/h1-3,8H,4-6H2. The molecule has 1 aromatic rings. The van der Waals surface area contributed by atoms with Gasteiger partial charge in [0, 0.05) is 34.7 Å². The first kappa shape index (κ1) is 15.1. The number of halogens is 3. The van der Waals surface area contributed by atoms with E-state index in [-0.39, 0.29) is 18.9 Å². The molecular weight excluding hydrogens is 377 g/mol. The minimum absolute atomic E-state index is 0.0550. The average Bonchev–Trinajstić information content (AvgIpc) is 2.65. The summed E-state index contributed by atoms with van der Waals surface area (Å²) >= 11 is 9.19. The molecule has 2 rings (SSSR count). The Labute approximate surface area is 129 Å². The Morgan fingerprint density at radius 2 is 2.11 bits per heavy atom. The number of hydrogen-bond acceptors (Lipinski definition) is 3. The zero-order valence-electron chi connectivity index (χ0n) is 9.64. The van der Waals surface area contributed by atoms with E-state index in [9.17, 15) is 13.2 Å². The molecule has 0 radical (unpaired) electrons. The summed E-state index contributed by atoms with van der Waals surface area (Å²) in [7, 11) is 1.59. The molecule has 1 aliphatic heterocycles. The molecule has 1 saturated heterocycles. The quantitative estimate of drug-likeness (QED) is 0.750.